The van der Waals surface area contributed by atoms with Crippen LogP contribution in [0.3, 0.4) is 0 Å². The van der Waals surface area contributed by atoms with Gasteiger partial charge < -0.3 is 20.6 Å². The van der Waals surface area contributed by atoms with Gasteiger partial charge in [0.25, 0.3) is 6.01 Å². The first-order valence-electron chi connectivity index (χ1n) is 5.55. The van der Waals surface area contributed by atoms with E-state index in [0.29, 0.717) is 23.7 Å². The van der Waals surface area contributed by atoms with Crippen LogP contribution in [-0.2, 0) is 0 Å². The Kier molecular flexibility index (Phi) is 2.93. The van der Waals surface area contributed by atoms with Crippen molar-refractivity contribution in [3.05, 3.63) is 18.2 Å². The summed E-state index contributed by atoms with van der Waals surface area (Å²) in [5.41, 5.74) is 7.48. The van der Waals surface area contributed by atoms with E-state index in [0.717, 1.165) is 5.52 Å². The number of anilines is 2. The van der Waals surface area contributed by atoms with Crippen LogP contribution in [0.15, 0.2) is 22.6 Å². The number of rotatable bonds is 4. The second-order valence-corrected chi connectivity index (χ2v) is 4.73. The van der Waals surface area contributed by atoms with Crippen molar-refractivity contribution in [2.75, 3.05) is 17.7 Å². The van der Waals surface area contributed by atoms with E-state index in [1.54, 1.807) is 12.1 Å². The van der Waals surface area contributed by atoms with Crippen molar-refractivity contribution in [1.29, 1.82) is 0 Å². The summed E-state index contributed by atoms with van der Waals surface area (Å²) < 4.78 is 5.55. The molecule has 17 heavy (non-hydrogen) atoms. The third kappa shape index (κ3) is 2.68. The summed E-state index contributed by atoms with van der Waals surface area (Å²) in [6.45, 7) is 4.08. The highest BCUT2D eigenvalue weighted by atomic mass is 16.4. The lowest BCUT2D eigenvalue weighted by Gasteiger charge is -2.23. The maximum atomic E-state index is 8.95. The Morgan fingerprint density at radius 2 is 2.24 bits per heavy atom. The van der Waals surface area contributed by atoms with Crippen LogP contribution in [0.25, 0.3) is 11.1 Å². The SMILES string of the molecule is CC(C)(CCO)Nc1nc2ccc(N)cc2o1. The molecule has 0 atom stereocenters. The van der Waals surface area contributed by atoms with Gasteiger partial charge in [-0.1, -0.05) is 0 Å². The molecule has 4 N–H and O–H groups in total. The summed E-state index contributed by atoms with van der Waals surface area (Å²) in [6.07, 6.45) is 0.619. The molecule has 0 fully saturated rings. The summed E-state index contributed by atoms with van der Waals surface area (Å²) in [5.74, 6) is 0. The number of nitrogens with one attached hydrogen (secondary N) is 1. The van der Waals surface area contributed by atoms with E-state index in [1.807, 2.05) is 19.9 Å². The first-order chi connectivity index (χ1) is 8.00. The van der Waals surface area contributed by atoms with Crippen LogP contribution in [0.5, 0.6) is 0 Å². The normalized spacial score (nSPS) is 11.9. The zero-order valence-electron chi connectivity index (χ0n) is 10.0. The van der Waals surface area contributed by atoms with Crippen molar-refractivity contribution in [3.8, 4) is 0 Å². The Morgan fingerprint density at radius 1 is 1.47 bits per heavy atom. The second-order valence-electron chi connectivity index (χ2n) is 4.73. The van der Waals surface area contributed by atoms with Gasteiger partial charge in [-0.25, -0.2) is 0 Å². The van der Waals surface area contributed by atoms with Crippen LogP contribution in [0.1, 0.15) is 20.3 Å². The third-order valence-corrected chi connectivity index (χ3v) is 2.59. The highest BCUT2D eigenvalue weighted by Gasteiger charge is 2.19. The lowest BCUT2D eigenvalue weighted by atomic mass is 10.0. The van der Waals surface area contributed by atoms with Gasteiger partial charge in [-0.15, -0.1) is 0 Å². The molecular formula is C12H17N3O2. The number of hydrogen-bond acceptors (Lipinski definition) is 5. The Bertz CT molecular complexity index is 519. The third-order valence-electron chi connectivity index (χ3n) is 2.59. The van der Waals surface area contributed by atoms with Gasteiger partial charge in [0.15, 0.2) is 5.58 Å². The maximum Gasteiger partial charge on any atom is 0.296 e. The fourth-order valence-electron chi connectivity index (χ4n) is 1.63. The number of hydrogen-bond donors (Lipinski definition) is 3. The highest BCUT2D eigenvalue weighted by molar-refractivity contribution is 5.78. The molecule has 0 radical (unpaired) electrons. The first-order valence-corrected chi connectivity index (χ1v) is 5.55. The number of nitrogens with two attached hydrogens (primary N) is 1. The topological polar surface area (TPSA) is 84.3 Å². The van der Waals surface area contributed by atoms with Crippen molar-refractivity contribution < 1.29 is 9.52 Å². The minimum Gasteiger partial charge on any atom is -0.423 e. The predicted molar refractivity (Wildman–Crippen MR) is 67.8 cm³/mol. The molecule has 0 bridgehead atoms. The molecule has 0 aliphatic rings. The minimum atomic E-state index is -0.263. The molecule has 5 heteroatoms. The molecule has 0 unspecified atom stereocenters. The molecular weight excluding hydrogens is 218 g/mol. The Morgan fingerprint density at radius 3 is 2.94 bits per heavy atom. The fourth-order valence-corrected chi connectivity index (χ4v) is 1.63. The predicted octanol–water partition coefficient (Wildman–Crippen LogP) is 1.98. The first kappa shape index (κ1) is 11.7. The van der Waals surface area contributed by atoms with E-state index < -0.39 is 0 Å². The van der Waals surface area contributed by atoms with Gasteiger partial charge in [-0.05, 0) is 32.4 Å². The monoisotopic (exact) mass is 235 g/mol. The van der Waals surface area contributed by atoms with Gasteiger partial charge in [0, 0.05) is 23.9 Å². The van der Waals surface area contributed by atoms with E-state index in [-0.39, 0.29) is 12.1 Å². The average molecular weight is 235 g/mol. The molecule has 5 nitrogen and oxygen atoms in total. The van der Waals surface area contributed by atoms with Crippen LogP contribution < -0.4 is 11.1 Å². The summed E-state index contributed by atoms with van der Waals surface area (Å²) >= 11 is 0. The van der Waals surface area contributed by atoms with Gasteiger partial charge in [0.2, 0.25) is 0 Å². The van der Waals surface area contributed by atoms with Crippen LogP contribution in [-0.4, -0.2) is 22.2 Å². The van der Waals surface area contributed by atoms with E-state index in [4.69, 9.17) is 15.3 Å². The molecule has 2 aromatic rings. The molecule has 1 aromatic heterocycles. The van der Waals surface area contributed by atoms with E-state index in [9.17, 15) is 0 Å². The van der Waals surface area contributed by atoms with Crippen LogP contribution in [0.4, 0.5) is 11.7 Å². The van der Waals surface area contributed by atoms with Crippen LogP contribution >= 0.6 is 0 Å². The number of oxazole rings is 1. The number of nitrogens with zero attached hydrogens (tertiary/aromatic N) is 1. The molecule has 0 aliphatic heterocycles. The number of fused-ring (bicyclic) bond motifs is 1. The van der Waals surface area contributed by atoms with Crippen molar-refractivity contribution >= 4 is 22.8 Å². The summed E-state index contributed by atoms with van der Waals surface area (Å²) in [7, 11) is 0. The number of nitrogen functional groups attached to an aromatic ring is 1. The number of benzene rings is 1. The lowest BCUT2D eigenvalue weighted by molar-refractivity contribution is 0.259. The molecule has 0 aliphatic carbocycles. The number of aliphatic hydroxyl groups excluding tert-OH is 1. The molecule has 0 amide bonds. The van der Waals surface area contributed by atoms with Crippen LogP contribution in [0.2, 0.25) is 0 Å². The summed E-state index contributed by atoms with van der Waals surface area (Å²) in [5, 5.41) is 12.1. The Hall–Kier alpha value is -1.75. The highest BCUT2D eigenvalue weighted by Crippen LogP contribution is 2.24. The van der Waals surface area contributed by atoms with Crippen molar-refractivity contribution in [3.63, 3.8) is 0 Å². The summed E-state index contributed by atoms with van der Waals surface area (Å²) in [4.78, 5) is 4.31. The quantitative estimate of drug-likeness (QED) is 0.706. The van der Waals surface area contributed by atoms with Gasteiger partial charge >= 0.3 is 0 Å². The van der Waals surface area contributed by atoms with E-state index >= 15 is 0 Å². The molecule has 1 heterocycles. The average Bonchev–Trinajstić information content (AvgIpc) is 2.57. The molecule has 1 aromatic carbocycles. The largest absolute Gasteiger partial charge is 0.423 e. The van der Waals surface area contributed by atoms with Crippen molar-refractivity contribution in [2.24, 2.45) is 0 Å². The van der Waals surface area contributed by atoms with Gasteiger partial charge in [0.05, 0.1) is 0 Å². The van der Waals surface area contributed by atoms with Gasteiger partial charge in [0.1, 0.15) is 5.52 Å². The van der Waals surface area contributed by atoms with E-state index in [1.165, 1.54) is 0 Å². The zero-order valence-corrected chi connectivity index (χ0v) is 10.0. The van der Waals surface area contributed by atoms with Crippen molar-refractivity contribution in [2.45, 2.75) is 25.8 Å². The van der Waals surface area contributed by atoms with Gasteiger partial charge in [-0.3, -0.25) is 0 Å². The van der Waals surface area contributed by atoms with Crippen molar-refractivity contribution in [1.82, 2.24) is 4.98 Å². The second kappa shape index (κ2) is 4.25. The fraction of sp³-hybridized carbons (Fsp3) is 0.417. The molecule has 0 saturated carbocycles. The molecule has 0 spiro atoms. The van der Waals surface area contributed by atoms with Gasteiger partial charge in [-0.2, -0.15) is 4.98 Å². The smallest absolute Gasteiger partial charge is 0.296 e. The zero-order chi connectivity index (χ0) is 12.5. The molecule has 2 rings (SSSR count). The van der Waals surface area contributed by atoms with Crippen LogP contribution in [0, 0.1) is 0 Å². The molecule has 0 saturated heterocycles. The number of aliphatic hydroxyl groups is 1. The minimum absolute atomic E-state index is 0.118. The lowest BCUT2D eigenvalue weighted by Crippen LogP contribution is -2.31. The number of aromatic nitrogens is 1. The Labute approximate surface area is 99.6 Å². The standard InChI is InChI=1S/C12H17N3O2/c1-12(2,5-6-16)15-11-14-9-4-3-8(13)7-10(9)17-11/h3-4,7,16H,5-6,13H2,1-2H3,(H,14,15). The summed E-state index contributed by atoms with van der Waals surface area (Å²) in [6, 6.07) is 5.79. The van der Waals surface area contributed by atoms with E-state index in [2.05, 4.69) is 10.3 Å². The Balaban J connectivity index is 2.25. The maximum absolute atomic E-state index is 8.95. The molecule has 92 valence electrons.